The first kappa shape index (κ1) is 47.1. The quantitative estimate of drug-likeness (QED) is 0.108. The van der Waals surface area contributed by atoms with Gasteiger partial charge in [0.15, 0.2) is 11.6 Å². The molecule has 0 radical (unpaired) electrons. The average molecular weight is 733 g/mol. The van der Waals surface area contributed by atoms with Gasteiger partial charge in [-0.2, -0.15) is 0 Å². The molecule has 0 aliphatic carbocycles. The van der Waals surface area contributed by atoms with Crippen molar-refractivity contribution in [2.24, 2.45) is 47.3 Å². The zero-order chi connectivity index (χ0) is 39.7. The number of carbonyl (C=O) groups excluding carboxylic acids is 4. The van der Waals surface area contributed by atoms with Crippen molar-refractivity contribution in [3.8, 4) is 0 Å². The van der Waals surface area contributed by atoms with Gasteiger partial charge in [-0.1, -0.05) is 92.2 Å². The lowest BCUT2D eigenvalue weighted by Crippen LogP contribution is -2.42. The van der Waals surface area contributed by atoms with Gasteiger partial charge >= 0.3 is 11.9 Å². The number of carbonyl (C=O) groups is 4. The molecule has 1 aliphatic rings. The molecule has 1 heterocycles. The van der Waals surface area contributed by atoms with Gasteiger partial charge in [0.1, 0.15) is 12.2 Å². The molecule has 0 amide bonds. The molecule has 0 saturated heterocycles. The zero-order valence-electron chi connectivity index (χ0n) is 33.2. The smallest absolute Gasteiger partial charge is 0.331 e. The lowest BCUT2D eigenvalue weighted by molar-refractivity contribution is -0.157. The Morgan fingerprint density at radius 3 is 1.69 bits per heavy atom. The number of aliphatic hydroxyl groups excluding tert-OH is 4. The highest BCUT2D eigenvalue weighted by atomic mass is 16.5. The molecule has 0 aromatic carbocycles. The Bertz CT molecular complexity index is 1230. The first-order valence-electron chi connectivity index (χ1n) is 19.3. The summed E-state index contributed by atoms with van der Waals surface area (Å²) in [6.07, 6.45) is 10.6. The van der Waals surface area contributed by atoms with Crippen LogP contribution in [0.1, 0.15) is 108 Å². The summed E-state index contributed by atoms with van der Waals surface area (Å²) in [5.74, 6) is -5.27. The molecule has 0 saturated carbocycles. The largest absolute Gasteiger partial charge is 0.461 e. The van der Waals surface area contributed by atoms with E-state index in [1.54, 1.807) is 65.8 Å². The Morgan fingerprint density at radius 1 is 0.750 bits per heavy atom. The normalized spacial score (nSPS) is 27.1. The molecule has 0 aromatic rings. The number of allylic oxidation sites excluding steroid dienone is 4. The average Bonchev–Trinajstić information content (AvgIpc) is 3.10. The maximum absolute atomic E-state index is 13.1. The molecule has 10 heteroatoms. The van der Waals surface area contributed by atoms with Gasteiger partial charge in [-0.3, -0.25) is 14.4 Å². The Hall–Kier alpha value is -2.92. The first-order chi connectivity index (χ1) is 24.4. The highest BCUT2D eigenvalue weighted by Crippen LogP contribution is 2.30. The van der Waals surface area contributed by atoms with Gasteiger partial charge in [0.05, 0.1) is 24.4 Å². The molecular weight excluding hydrogens is 664 g/mol. The van der Waals surface area contributed by atoms with E-state index in [1.165, 1.54) is 24.3 Å². The summed E-state index contributed by atoms with van der Waals surface area (Å²) in [5, 5.41) is 42.4. The van der Waals surface area contributed by atoms with Crippen LogP contribution < -0.4 is 0 Å². The summed E-state index contributed by atoms with van der Waals surface area (Å²) in [4.78, 5) is 52.1. The fourth-order valence-corrected chi connectivity index (χ4v) is 6.85. The van der Waals surface area contributed by atoms with Gasteiger partial charge in [-0.15, -0.1) is 0 Å². The predicted octanol–water partition coefficient (Wildman–Crippen LogP) is 6.10. The number of cyclic esters (lactones) is 2. The topological polar surface area (TPSA) is 168 Å². The minimum Gasteiger partial charge on any atom is -0.461 e. The van der Waals surface area contributed by atoms with Crippen LogP contribution in [0.3, 0.4) is 0 Å². The van der Waals surface area contributed by atoms with Crippen LogP contribution in [-0.2, 0) is 28.7 Å². The molecule has 0 bridgehead atoms. The van der Waals surface area contributed by atoms with Crippen LogP contribution in [0.2, 0.25) is 0 Å². The molecule has 1 aliphatic heterocycles. The SMILES string of the molecule is CC[C@@H](C=CC(=O)[C@@H](C)[C@H](O)[C@H](C)[C@H]1OC(=O)CCCC[C@H](C)[C@@H]([C@@H](C)[C@@H](O)[C@H](C)C(=O)C=C[C@H](CC)[C@@H](C)O)OC(=O)C=CC=C[C@@H]1C)[C@@H](C)O. The van der Waals surface area contributed by atoms with E-state index < -0.39 is 72.2 Å². The molecule has 52 heavy (non-hydrogen) atoms. The van der Waals surface area contributed by atoms with Crippen molar-refractivity contribution in [1.82, 2.24) is 0 Å². The van der Waals surface area contributed by atoms with Crippen LogP contribution in [0.5, 0.6) is 0 Å². The van der Waals surface area contributed by atoms with Crippen LogP contribution in [0.4, 0.5) is 0 Å². The third-order valence-electron chi connectivity index (χ3n) is 10.9. The highest BCUT2D eigenvalue weighted by molar-refractivity contribution is 5.92. The van der Waals surface area contributed by atoms with Gasteiger partial charge in [0.25, 0.3) is 0 Å². The van der Waals surface area contributed by atoms with Gasteiger partial charge < -0.3 is 29.9 Å². The predicted molar refractivity (Wildman–Crippen MR) is 203 cm³/mol. The van der Waals surface area contributed by atoms with Gasteiger partial charge in [-0.05, 0) is 57.6 Å². The van der Waals surface area contributed by atoms with Crippen molar-refractivity contribution >= 4 is 23.5 Å². The summed E-state index contributed by atoms with van der Waals surface area (Å²) in [5.41, 5.74) is 0. The van der Waals surface area contributed by atoms with E-state index in [-0.39, 0.29) is 41.7 Å². The number of hydrogen-bond acceptors (Lipinski definition) is 10. The third-order valence-corrected chi connectivity index (χ3v) is 10.9. The Kier molecular flexibility index (Phi) is 21.5. The van der Waals surface area contributed by atoms with Crippen molar-refractivity contribution in [1.29, 1.82) is 0 Å². The van der Waals surface area contributed by atoms with E-state index >= 15 is 0 Å². The highest BCUT2D eigenvalue weighted by Gasteiger charge is 2.37. The maximum atomic E-state index is 13.1. The second-order valence-electron chi connectivity index (χ2n) is 15.1. The van der Waals surface area contributed by atoms with Crippen molar-refractivity contribution in [3.05, 3.63) is 48.6 Å². The van der Waals surface area contributed by atoms with Crippen LogP contribution in [0.15, 0.2) is 48.6 Å². The summed E-state index contributed by atoms with van der Waals surface area (Å²) in [7, 11) is 0. The van der Waals surface area contributed by atoms with E-state index in [9.17, 15) is 39.6 Å². The number of rotatable bonds is 16. The van der Waals surface area contributed by atoms with Crippen LogP contribution in [-0.4, -0.2) is 80.6 Å². The number of aliphatic hydroxyl groups is 4. The van der Waals surface area contributed by atoms with Gasteiger partial charge in [0.2, 0.25) is 0 Å². The van der Waals surface area contributed by atoms with Crippen LogP contribution in [0, 0.1) is 47.3 Å². The monoisotopic (exact) mass is 732 g/mol. The summed E-state index contributed by atoms with van der Waals surface area (Å²) < 4.78 is 11.9. The molecule has 10 nitrogen and oxygen atoms in total. The van der Waals surface area contributed by atoms with Crippen molar-refractivity contribution in [2.45, 2.75) is 144 Å². The van der Waals surface area contributed by atoms with E-state index in [0.29, 0.717) is 32.1 Å². The van der Waals surface area contributed by atoms with E-state index in [4.69, 9.17) is 9.47 Å². The molecule has 0 unspecified atom stereocenters. The standard InChI is InChI=1S/C42H68O10/c1-11-33(31(9)43)21-23-35(45)27(5)39(49)29(7)41-25(3)17-13-15-20-38(48)52-42(26(4)18-14-16-19-37(47)51-41)30(8)40(50)28(6)36(46)24-22-34(12-2)32(10)44/h13,15,17,20-34,39-44,49-50H,11-12,14,16,18-19H2,1-10H3/t25-,26-,27+,28+,29-,30-,31+,32+,33-,34-,39-,40-,41-,42-/m0/s1. The van der Waals surface area contributed by atoms with Gasteiger partial charge in [0, 0.05) is 53.9 Å². The molecular formula is C42H68O10. The van der Waals surface area contributed by atoms with Crippen molar-refractivity contribution in [2.75, 3.05) is 0 Å². The van der Waals surface area contributed by atoms with Crippen molar-refractivity contribution < 1.29 is 49.1 Å². The lowest BCUT2D eigenvalue weighted by Gasteiger charge is -2.34. The first-order valence-corrected chi connectivity index (χ1v) is 19.3. The molecule has 0 spiro atoms. The second kappa shape index (κ2) is 23.7. The molecule has 0 aromatic heterocycles. The summed E-state index contributed by atoms with van der Waals surface area (Å²) >= 11 is 0. The van der Waals surface area contributed by atoms with Crippen molar-refractivity contribution in [3.63, 3.8) is 0 Å². The molecule has 1 rings (SSSR count). The summed E-state index contributed by atoms with van der Waals surface area (Å²) in [6.45, 7) is 17.7. The zero-order valence-corrected chi connectivity index (χ0v) is 33.2. The molecule has 4 N–H and O–H groups in total. The fraction of sp³-hybridized carbons (Fsp3) is 0.714. The minimum atomic E-state index is -1.12. The Morgan fingerprint density at radius 2 is 1.23 bits per heavy atom. The Labute approximate surface area is 312 Å². The minimum absolute atomic E-state index is 0.128. The number of esters is 2. The maximum Gasteiger partial charge on any atom is 0.331 e. The number of ether oxygens (including phenoxy) is 2. The lowest BCUT2D eigenvalue weighted by atomic mass is 9.81. The third kappa shape index (κ3) is 15.2. The van der Waals surface area contributed by atoms with Crippen LogP contribution in [0.25, 0.3) is 0 Å². The molecule has 0 fully saturated rings. The van der Waals surface area contributed by atoms with Crippen LogP contribution >= 0.6 is 0 Å². The van der Waals surface area contributed by atoms with E-state index in [0.717, 1.165) is 0 Å². The number of hydrogen-bond donors (Lipinski definition) is 4. The van der Waals surface area contributed by atoms with E-state index in [2.05, 4.69) is 0 Å². The molecule has 14 atom stereocenters. The Balaban J connectivity index is 3.19. The number of ketones is 2. The second-order valence-corrected chi connectivity index (χ2v) is 15.1. The van der Waals surface area contributed by atoms with E-state index in [1.807, 2.05) is 27.7 Å². The molecule has 296 valence electrons. The summed E-state index contributed by atoms with van der Waals surface area (Å²) in [6, 6.07) is 0. The fourth-order valence-electron chi connectivity index (χ4n) is 6.85. The van der Waals surface area contributed by atoms with Gasteiger partial charge in [-0.25, -0.2) is 4.79 Å².